The fourth-order valence-electron chi connectivity index (χ4n) is 5.06. The highest BCUT2D eigenvalue weighted by Gasteiger charge is 2.33. The number of hydrogen-bond acceptors (Lipinski definition) is 7. The molecule has 0 bridgehead atoms. The quantitative estimate of drug-likeness (QED) is 0.292. The molecule has 1 fully saturated rings. The lowest BCUT2D eigenvalue weighted by atomic mass is 9.80. The van der Waals surface area contributed by atoms with Gasteiger partial charge in [-0.3, -0.25) is 14.6 Å². The maximum Gasteiger partial charge on any atom is 0.306 e. The lowest BCUT2D eigenvalue weighted by molar-refractivity contribution is -0.157. The Hall–Kier alpha value is -2.74. The Kier molecular flexibility index (Phi) is 10.7. The number of ether oxygens (including phenoxy) is 2. The number of carbonyl (C=O) groups is 2. The van der Waals surface area contributed by atoms with Crippen LogP contribution in [-0.4, -0.2) is 59.1 Å². The van der Waals surface area contributed by atoms with Gasteiger partial charge in [0.1, 0.15) is 11.1 Å². The molecule has 2 aromatic heterocycles. The number of piperidine rings is 1. The number of nitrogens with zero attached hydrogens (tertiary/aromatic N) is 3. The number of methoxy groups -OCH3 is 1. The summed E-state index contributed by atoms with van der Waals surface area (Å²) in [6, 6.07) is 5.33. The van der Waals surface area contributed by atoms with E-state index in [1.165, 1.54) is 32.1 Å². The predicted molar refractivity (Wildman–Crippen MR) is 147 cm³/mol. The number of nitrogens with one attached hydrogen (secondary N) is 1. The summed E-state index contributed by atoms with van der Waals surface area (Å²) in [6.07, 6.45) is 9.46. The first-order valence-corrected chi connectivity index (χ1v) is 13.7. The first-order chi connectivity index (χ1) is 17.7. The van der Waals surface area contributed by atoms with E-state index in [4.69, 9.17) is 9.47 Å². The monoisotopic (exact) mass is 512 g/mol. The molecule has 2 atom stereocenters. The number of esters is 1. The average Bonchev–Trinajstić information content (AvgIpc) is 2.84. The zero-order valence-corrected chi connectivity index (χ0v) is 23.2. The van der Waals surface area contributed by atoms with Gasteiger partial charge in [0.15, 0.2) is 0 Å². The Balaban J connectivity index is 1.65. The second kappa shape index (κ2) is 13.7. The van der Waals surface area contributed by atoms with Crippen molar-refractivity contribution in [1.82, 2.24) is 14.9 Å². The van der Waals surface area contributed by atoms with E-state index in [-0.39, 0.29) is 23.7 Å². The zero-order chi connectivity index (χ0) is 26.8. The van der Waals surface area contributed by atoms with Crippen molar-refractivity contribution in [3.05, 3.63) is 24.4 Å². The van der Waals surface area contributed by atoms with Crippen LogP contribution in [0.25, 0.3) is 11.0 Å². The van der Waals surface area contributed by atoms with Gasteiger partial charge < -0.3 is 19.7 Å². The summed E-state index contributed by atoms with van der Waals surface area (Å²) in [4.78, 5) is 37.2. The molecule has 3 rings (SSSR count). The molecule has 2 aromatic rings. The van der Waals surface area contributed by atoms with Crippen LogP contribution in [-0.2, 0) is 14.3 Å². The minimum Gasteiger partial charge on any atom is -0.481 e. The summed E-state index contributed by atoms with van der Waals surface area (Å²) in [7, 11) is 1.56. The van der Waals surface area contributed by atoms with E-state index >= 15 is 0 Å². The number of amides is 1. The summed E-state index contributed by atoms with van der Waals surface area (Å²) < 4.78 is 10.9. The number of hydrogen-bond donors (Lipinski definition) is 1. The molecule has 0 aromatic carbocycles. The lowest BCUT2D eigenvalue weighted by Crippen LogP contribution is -2.43. The Morgan fingerprint density at radius 1 is 1.08 bits per heavy atom. The third-order valence-electron chi connectivity index (χ3n) is 6.89. The average molecular weight is 513 g/mol. The molecule has 1 aliphatic rings. The van der Waals surface area contributed by atoms with Crippen molar-refractivity contribution in [2.75, 3.05) is 32.1 Å². The van der Waals surface area contributed by atoms with Gasteiger partial charge in [-0.1, -0.05) is 32.6 Å². The van der Waals surface area contributed by atoms with Crippen molar-refractivity contribution in [2.24, 2.45) is 11.8 Å². The molecule has 0 saturated carbocycles. The molecular formula is C29H44N4O4. The molecule has 0 radical (unpaired) electrons. The molecule has 0 aliphatic carbocycles. The van der Waals surface area contributed by atoms with Gasteiger partial charge in [0.25, 0.3) is 0 Å². The summed E-state index contributed by atoms with van der Waals surface area (Å²) >= 11 is 0. The summed E-state index contributed by atoms with van der Waals surface area (Å²) in [6.45, 7) is 10.7. The van der Waals surface area contributed by atoms with Crippen LogP contribution in [0.5, 0.6) is 5.88 Å². The Bertz CT molecular complexity index is 1040. The van der Waals surface area contributed by atoms with E-state index in [1.54, 1.807) is 25.4 Å². The van der Waals surface area contributed by atoms with Crippen molar-refractivity contribution < 1.29 is 19.1 Å². The molecule has 1 aliphatic heterocycles. The molecule has 37 heavy (non-hydrogen) atoms. The topological polar surface area (TPSA) is 93.7 Å². The number of carbonyl (C=O) groups excluding carboxylic acids is 2. The second-order valence-electron chi connectivity index (χ2n) is 11.1. The van der Waals surface area contributed by atoms with Crippen molar-refractivity contribution in [3.63, 3.8) is 0 Å². The third kappa shape index (κ3) is 9.26. The van der Waals surface area contributed by atoms with Gasteiger partial charge in [-0.25, -0.2) is 4.98 Å². The molecular weight excluding hydrogens is 468 g/mol. The minimum atomic E-state index is -0.520. The van der Waals surface area contributed by atoms with Crippen molar-refractivity contribution in [2.45, 2.75) is 84.7 Å². The van der Waals surface area contributed by atoms with Crippen molar-refractivity contribution in [3.8, 4) is 5.88 Å². The van der Waals surface area contributed by atoms with Gasteiger partial charge in [0, 0.05) is 31.6 Å². The smallest absolute Gasteiger partial charge is 0.306 e. The van der Waals surface area contributed by atoms with E-state index in [1.807, 2.05) is 26.8 Å². The number of fused-ring (bicyclic) bond motifs is 1. The number of unbranched alkanes of at least 4 members (excludes halogenated alkanes) is 4. The van der Waals surface area contributed by atoms with Gasteiger partial charge in [-0.2, -0.15) is 0 Å². The van der Waals surface area contributed by atoms with Gasteiger partial charge >= 0.3 is 5.97 Å². The number of rotatable bonds is 12. The van der Waals surface area contributed by atoms with E-state index in [9.17, 15) is 9.59 Å². The van der Waals surface area contributed by atoms with Gasteiger partial charge in [-0.15, -0.1) is 0 Å². The summed E-state index contributed by atoms with van der Waals surface area (Å²) in [5.41, 5.74) is 1.38. The van der Waals surface area contributed by atoms with Gasteiger partial charge in [0.2, 0.25) is 11.8 Å². The SMILES string of the molecule is CCCCCCCN1CC[C@@H](CC(=O)Nc2ccnc3ccc(OC)nc23)[C@@H](CC(=O)OC(C)(C)C)C1. The molecule has 1 N–H and O–H groups in total. The highest BCUT2D eigenvalue weighted by Crippen LogP contribution is 2.31. The van der Waals surface area contributed by atoms with Gasteiger partial charge in [-0.05, 0) is 70.7 Å². The zero-order valence-electron chi connectivity index (χ0n) is 23.2. The number of pyridine rings is 2. The standard InChI is InChI=1S/C29H44N4O4/c1-6-7-8-9-10-16-33-17-14-21(22(20-33)19-27(35)37-29(2,3)4)18-25(34)31-24-13-15-30-23-11-12-26(36-5)32-28(23)24/h11-13,15,21-22H,6-10,14,16-20H2,1-5H3,(H,30,31,34)/t21-,22-/m0/s1. The van der Waals surface area contributed by atoms with Crippen LogP contribution >= 0.6 is 0 Å². The maximum atomic E-state index is 13.2. The van der Waals surface area contributed by atoms with Crippen LogP contribution < -0.4 is 10.1 Å². The lowest BCUT2D eigenvalue weighted by Gasteiger charge is -2.38. The first-order valence-electron chi connectivity index (χ1n) is 13.7. The van der Waals surface area contributed by atoms with Crippen LogP contribution in [0.4, 0.5) is 5.69 Å². The van der Waals surface area contributed by atoms with Crippen LogP contribution in [0.3, 0.4) is 0 Å². The largest absolute Gasteiger partial charge is 0.481 e. The van der Waals surface area contributed by atoms with E-state index in [0.29, 0.717) is 35.4 Å². The number of aromatic nitrogens is 2. The predicted octanol–water partition coefficient (Wildman–Crippen LogP) is 5.61. The van der Waals surface area contributed by atoms with Crippen LogP contribution in [0.15, 0.2) is 24.4 Å². The fourth-order valence-corrected chi connectivity index (χ4v) is 5.06. The summed E-state index contributed by atoms with van der Waals surface area (Å²) in [5, 5.41) is 3.03. The first kappa shape index (κ1) is 28.8. The minimum absolute atomic E-state index is 0.0793. The Morgan fingerprint density at radius 2 is 1.86 bits per heavy atom. The molecule has 0 spiro atoms. The highest BCUT2D eigenvalue weighted by atomic mass is 16.6. The molecule has 0 unspecified atom stereocenters. The van der Waals surface area contributed by atoms with Crippen LogP contribution in [0, 0.1) is 11.8 Å². The highest BCUT2D eigenvalue weighted by molar-refractivity contribution is 5.99. The van der Waals surface area contributed by atoms with E-state index in [0.717, 1.165) is 26.1 Å². The second-order valence-corrected chi connectivity index (χ2v) is 11.1. The molecule has 1 amide bonds. The molecule has 1 saturated heterocycles. The van der Waals surface area contributed by atoms with Crippen molar-refractivity contribution >= 4 is 28.6 Å². The number of likely N-dealkylation sites (tertiary alicyclic amines) is 1. The van der Waals surface area contributed by atoms with Gasteiger partial charge in [0.05, 0.1) is 18.3 Å². The normalized spacial score (nSPS) is 18.5. The Morgan fingerprint density at radius 3 is 2.59 bits per heavy atom. The third-order valence-corrected chi connectivity index (χ3v) is 6.89. The maximum absolute atomic E-state index is 13.2. The van der Waals surface area contributed by atoms with E-state index in [2.05, 4.69) is 27.1 Å². The van der Waals surface area contributed by atoms with Crippen LogP contribution in [0.1, 0.15) is 79.1 Å². The van der Waals surface area contributed by atoms with Crippen molar-refractivity contribution in [1.29, 1.82) is 0 Å². The number of anilines is 1. The molecule has 204 valence electrons. The fraction of sp³-hybridized carbons (Fsp3) is 0.655. The van der Waals surface area contributed by atoms with E-state index < -0.39 is 5.60 Å². The Labute approximate surface area is 221 Å². The summed E-state index contributed by atoms with van der Waals surface area (Å²) in [5.74, 6) is 0.390. The van der Waals surface area contributed by atoms with Crippen LogP contribution in [0.2, 0.25) is 0 Å². The molecule has 8 nitrogen and oxygen atoms in total. The molecule has 3 heterocycles. The molecule has 8 heteroatoms.